The quantitative estimate of drug-likeness (QED) is 0.719. The average molecular weight is 413 g/mol. The van der Waals surface area contributed by atoms with E-state index in [1.54, 1.807) is 14.2 Å². The van der Waals surface area contributed by atoms with Crippen molar-refractivity contribution in [2.75, 3.05) is 53.7 Å². The summed E-state index contributed by atoms with van der Waals surface area (Å²) in [5, 5.41) is 6.62. The highest BCUT2D eigenvalue weighted by atomic mass is 35.5. The second kappa shape index (κ2) is 10.4. The number of piperidine rings is 1. The second-order valence-electron chi connectivity index (χ2n) is 7.77. The Labute approximate surface area is 174 Å². The minimum absolute atomic E-state index is 0. The van der Waals surface area contributed by atoms with E-state index >= 15 is 0 Å². The smallest absolute Gasteiger partial charge is 0.228 e. The van der Waals surface area contributed by atoms with Crippen LogP contribution in [0.2, 0.25) is 0 Å². The number of halogens is 1. The molecule has 1 aromatic carbocycles. The van der Waals surface area contributed by atoms with Crippen LogP contribution in [0.3, 0.4) is 0 Å². The fourth-order valence-electron chi connectivity index (χ4n) is 4.33. The molecule has 0 bridgehead atoms. The maximum Gasteiger partial charge on any atom is 0.228 e. The summed E-state index contributed by atoms with van der Waals surface area (Å²) in [4.78, 5) is 13.2. The normalized spacial score (nSPS) is 20.6. The van der Waals surface area contributed by atoms with Crippen LogP contribution in [0.25, 0.3) is 0 Å². The minimum Gasteiger partial charge on any atom is -0.497 e. The van der Waals surface area contributed by atoms with Gasteiger partial charge in [-0.25, -0.2) is 0 Å². The van der Waals surface area contributed by atoms with Crippen molar-refractivity contribution in [3.63, 3.8) is 0 Å². The molecule has 2 saturated heterocycles. The lowest BCUT2D eigenvalue weighted by Gasteiger charge is -2.40. The summed E-state index contributed by atoms with van der Waals surface area (Å²) in [6, 6.07) is 8.22. The molecule has 0 spiro atoms. The predicted octanol–water partition coefficient (Wildman–Crippen LogP) is 2.30. The van der Waals surface area contributed by atoms with Gasteiger partial charge in [0.2, 0.25) is 5.91 Å². The number of benzene rings is 1. The van der Waals surface area contributed by atoms with Gasteiger partial charge in [0.1, 0.15) is 5.75 Å². The molecule has 0 atom stereocenters. The number of rotatable bonds is 7. The van der Waals surface area contributed by atoms with Gasteiger partial charge in [0.15, 0.2) is 0 Å². The molecule has 1 amide bonds. The van der Waals surface area contributed by atoms with Crippen molar-refractivity contribution < 1.29 is 19.0 Å². The van der Waals surface area contributed by atoms with Crippen LogP contribution in [0.1, 0.15) is 31.2 Å². The molecule has 0 unspecified atom stereocenters. The lowest BCUT2D eigenvalue weighted by Crippen LogP contribution is -2.53. The molecule has 158 valence electrons. The standard InChI is InChI=1S/C21H32N2O4.ClH/c1-25-16-21(7-11-22-12-8-21)19(24)23-15-20(9-13-27-14-10-20)17-3-5-18(26-2)6-4-17;/h3-6,22H,7-16H2,1-2H3,(H,23,24);1H. The molecule has 3 rings (SSSR count). The Hall–Kier alpha value is -1.34. The fourth-order valence-corrected chi connectivity index (χ4v) is 4.33. The van der Waals surface area contributed by atoms with Gasteiger partial charge in [-0.3, -0.25) is 4.79 Å². The second-order valence-corrected chi connectivity index (χ2v) is 7.77. The molecule has 0 radical (unpaired) electrons. The van der Waals surface area contributed by atoms with Crippen molar-refractivity contribution in [1.29, 1.82) is 0 Å². The summed E-state index contributed by atoms with van der Waals surface area (Å²) >= 11 is 0. The summed E-state index contributed by atoms with van der Waals surface area (Å²) in [6.07, 6.45) is 3.42. The van der Waals surface area contributed by atoms with Gasteiger partial charge >= 0.3 is 0 Å². The largest absolute Gasteiger partial charge is 0.497 e. The van der Waals surface area contributed by atoms with E-state index in [2.05, 4.69) is 22.8 Å². The highest BCUT2D eigenvalue weighted by Gasteiger charge is 2.41. The third-order valence-corrected chi connectivity index (χ3v) is 6.20. The van der Waals surface area contributed by atoms with Crippen LogP contribution in [0.15, 0.2) is 24.3 Å². The highest BCUT2D eigenvalue weighted by Crippen LogP contribution is 2.36. The number of hydrogen-bond acceptors (Lipinski definition) is 5. The molecule has 0 aliphatic carbocycles. The number of nitrogens with one attached hydrogen (secondary N) is 2. The Kier molecular flexibility index (Phi) is 8.56. The Morgan fingerprint density at radius 2 is 1.75 bits per heavy atom. The monoisotopic (exact) mass is 412 g/mol. The van der Waals surface area contributed by atoms with E-state index < -0.39 is 5.41 Å². The first-order valence-corrected chi connectivity index (χ1v) is 9.84. The lowest BCUT2D eigenvalue weighted by atomic mass is 9.73. The number of methoxy groups -OCH3 is 2. The van der Waals surface area contributed by atoms with Gasteiger partial charge < -0.3 is 24.8 Å². The van der Waals surface area contributed by atoms with E-state index in [1.807, 2.05) is 12.1 Å². The van der Waals surface area contributed by atoms with Gasteiger partial charge in [-0.2, -0.15) is 0 Å². The first-order valence-electron chi connectivity index (χ1n) is 9.84. The third-order valence-electron chi connectivity index (χ3n) is 6.20. The van der Waals surface area contributed by atoms with E-state index in [4.69, 9.17) is 14.2 Å². The van der Waals surface area contributed by atoms with E-state index in [0.29, 0.717) is 13.2 Å². The molecule has 1 aromatic rings. The molecule has 28 heavy (non-hydrogen) atoms. The van der Waals surface area contributed by atoms with Crippen molar-refractivity contribution in [3.8, 4) is 5.75 Å². The first-order chi connectivity index (χ1) is 13.1. The summed E-state index contributed by atoms with van der Waals surface area (Å²) < 4.78 is 16.3. The fraction of sp³-hybridized carbons (Fsp3) is 0.667. The van der Waals surface area contributed by atoms with Crippen LogP contribution in [-0.4, -0.2) is 59.6 Å². The van der Waals surface area contributed by atoms with E-state index in [9.17, 15) is 4.79 Å². The Bertz CT molecular complexity index is 606. The zero-order valence-electron chi connectivity index (χ0n) is 16.9. The molecule has 2 heterocycles. The molecule has 2 aliphatic heterocycles. The maximum atomic E-state index is 13.2. The van der Waals surface area contributed by atoms with Crippen molar-refractivity contribution in [1.82, 2.24) is 10.6 Å². The minimum atomic E-state index is -0.424. The number of carbonyl (C=O) groups excluding carboxylic acids is 1. The zero-order valence-corrected chi connectivity index (χ0v) is 17.7. The van der Waals surface area contributed by atoms with Gasteiger partial charge in [0, 0.05) is 32.3 Å². The molecule has 2 aliphatic rings. The Morgan fingerprint density at radius 1 is 1.11 bits per heavy atom. The third kappa shape index (κ3) is 4.98. The summed E-state index contributed by atoms with van der Waals surface area (Å²) in [6.45, 7) is 4.24. The van der Waals surface area contributed by atoms with Gasteiger partial charge in [0.25, 0.3) is 0 Å². The van der Waals surface area contributed by atoms with Crippen LogP contribution >= 0.6 is 12.4 Å². The number of hydrogen-bond donors (Lipinski definition) is 2. The average Bonchev–Trinajstić information content (AvgIpc) is 2.73. The van der Waals surface area contributed by atoms with Gasteiger partial charge in [-0.15, -0.1) is 12.4 Å². The van der Waals surface area contributed by atoms with Crippen molar-refractivity contribution >= 4 is 18.3 Å². The number of carbonyl (C=O) groups is 1. The van der Waals surface area contributed by atoms with Crippen molar-refractivity contribution in [2.45, 2.75) is 31.1 Å². The first kappa shape index (κ1) is 22.9. The summed E-state index contributed by atoms with van der Waals surface area (Å²) in [5.41, 5.74) is 0.714. The van der Waals surface area contributed by atoms with E-state index in [1.165, 1.54) is 5.56 Å². The van der Waals surface area contributed by atoms with Crippen molar-refractivity contribution in [2.24, 2.45) is 5.41 Å². The lowest BCUT2D eigenvalue weighted by molar-refractivity contribution is -0.136. The summed E-state index contributed by atoms with van der Waals surface area (Å²) in [5.74, 6) is 0.962. The Morgan fingerprint density at radius 3 is 2.32 bits per heavy atom. The van der Waals surface area contributed by atoms with Crippen LogP contribution in [0.5, 0.6) is 5.75 Å². The predicted molar refractivity (Wildman–Crippen MR) is 111 cm³/mol. The van der Waals surface area contributed by atoms with Gasteiger partial charge in [-0.05, 0) is 56.5 Å². The molecule has 7 heteroatoms. The molecule has 6 nitrogen and oxygen atoms in total. The maximum absolute atomic E-state index is 13.2. The SMILES string of the molecule is COCC1(C(=O)NCC2(c3ccc(OC)cc3)CCOCC2)CCNCC1.Cl. The van der Waals surface area contributed by atoms with E-state index in [-0.39, 0.29) is 23.7 Å². The molecule has 2 fully saturated rings. The Balaban J connectivity index is 0.00000280. The van der Waals surface area contributed by atoms with Crippen LogP contribution in [0, 0.1) is 5.41 Å². The highest BCUT2D eigenvalue weighted by molar-refractivity contribution is 5.85. The molecular formula is C21H33ClN2O4. The zero-order chi connectivity index (χ0) is 19.2. The molecule has 0 saturated carbocycles. The van der Waals surface area contributed by atoms with Crippen LogP contribution in [-0.2, 0) is 19.7 Å². The van der Waals surface area contributed by atoms with Crippen LogP contribution < -0.4 is 15.4 Å². The molecular weight excluding hydrogens is 380 g/mol. The van der Waals surface area contributed by atoms with Crippen LogP contribution in [0.4, 0.5) is 0 Å². The summed E-state index contributed by atoms with van der Waals surface area (Å²) in [7, 11) is 3.35. The number of ether oxygens (including phenoxy) is 3. The van der Waals surface area contributed by atoms with Gasteiger partial charge in [0.05, 0.1) is 19.1 Å². The topological polar surface area (TPSA) is 68.8 Å². The van der Waals surface area contributed by atoms with E-state index in [0.717, 1.165) is 57.7 Å². The van der Waals surface area contributed by atoms with Gasteiger partial charge in [-0.1, -0.05) is 12.1 Å². The molecule has 2 N–H and O–H groups in total. The van der Waals surface area contributed by atoms with Crippen molar-refractivity contribution in [3.05, 3.63) is 29.8 Å². The molecule has 0 aromatic heterocycles. The number of amides is 1.